The van der Waals surface area contributed by atoms with Gasteiger partial charge in [-0.3, -0.25) is 9.36 Å². The molecule has 1 aliphatic heterocycles. The van der Waals surface area contributed by atoms with E-state index in [-0.39, 0.29) is 11.5 Å². The van der Waals surface area contributed by atoms with E-state index >= 15 is 0 Å². The molecular formula is C21H21BrN4O3S. The fraction of sp³-hybridized carbons (Fsp3) is 0.286. The summed E-state index contributed by atoms with van der Waals surface area (Å²) in [5, 5.41) is 9.50. The summed E-state index contributed by atoms with van der Waals surface area (Å²) in [5.41, 5.74) is 1.58. The fourth-order valence-electron chi connectivity index (χ4n) is 3.18. The van der Waals surface area contributed by atoms with Gasteiger partial charge in [-0.05, 0) is 46.3 Å². The molecule has 1 saturated heterocycles. The molecule has 0 atom stereocenters. The summed E-state index contributed by atoms with van der Waals surface area (Å²) in [7, 11) is 1.60. The molecule has 0 N–H and O–H groups in total. The number of nitrogens with zero attached hydrogens (tertiary/aromatic N) is 4. The van der Waals surface area contributed by atoms with E-state index in [0.717, 1.165) is 29.2 Å². The second-order valence-corrected chi connectivity index (χ2v) is 8.41. The number of ketones is 1. The molecule has 1 aliphatic rings. The van der Waals surface area contributed by atoms with Crippen LogP contribution in [0.5, 0.6) is 5.75 Å². The highest BCUT2D eigenvalue weighted by Gasteiger charge is 2.22. The number of para-hydroxylation sites is 1. The number of benzene rings is 2. The lowest BCUT2D eigenvalue weighted by atomic mass is 10.1. The van der Waals surface area contributed by atoms with Crippen LogP contribution in [0.15, 0.2) is 58.2 Å². The van der Waals surface area contributed by atoms with Gasteiger partial charge in [0.25, 0.3) is 0 Å². The first-order valence-electron chi connectivity index (χ1n) is 9.50. The van der Waals surface area contributed by atoms with Gasteiger partial charge in [-0.1, -0.05) is 30.0 Å². The maximum absolute atomic E-state index is 12.8. The van der Waals surface area contributed by atoms with Gasteiger partial charge in [-0.15, -0.1) is 10.2 Å². The number of methoxy groups -OCH3 is 1. The maximum Gasteiger partial charge on any atom is 0.232 e. The highest BCUT2D eigenvalue weighted by Crippen LogP contribution is 2.29. The Kier molecular flexibility index (Phi) is 6.71. The largest absolute Gasteiger partial charge is 0.496 e. The predicted molar refractivity (Wildman–Crippen MR) is 120 cm³/mol. The van der Waals surface area contributed by atoms with Crippen LogP contribution in [0, 0.1) is 0 Å². The summed E-state index contributed by atoms with van der Waals surface area (Å²) in [5.74, 6) is 1.73. The molecule has 3 aromatic rings. The number of aromatic nitrogens is 3. The minimum Gasteiger partial charge on any atom is -0.496 e. The minimum absolute atomic E-state index is 0.0129. The van der Waals surface area contributed by atoms with Crippen LogP contribution >= 0.6 is 27.7 Å². The van der Waals surface area contributed by atoms with Crippen molar-refractivity contribution in [3.63, 3.8) is 0 Å². The van der Waals surface area contributed by atoms with Gasteiger partial charge in [0, 0.05) is 18.7 Å². The third kappa shape index (κ3) is 4.53. The van der Waals surface area contributed by atoms with Crippen LogP contribution in [0.3, 0.4) is 0 Å². The van der Waals surface area contributed by atoms with E-state index in [1.54, 1.807) is 25.3 Å². The van der Waals surface area contributed by atoms with Crippen LogP contribution in [0.2, 0.25) is 0 Å². The summed E-state index contributed by atoms with van der Waals surface area (Å²) < 4.78 is 13.5. The molecule has 0 saturated carbocycles. The number of halogens is 1. The topological polar surface area (TPSA) is 69.5 Å². The molecule has 4 rings (SSSR count). The molecule has 0 aliphatic carbocycles. The van der Waals surface area contributed by atoms with E-state index in [1.165, 1.54) is 11.8 Å². The minimum atomic E-state index is 0.0129. The lowest BCUT2D eigenvalue weighted by Gasteiger charge is -2.27. The van der Waals surface area contributed by atoms with Crippen LogP contribution in [0.1, 0.15) is 10.4 Å². The lowest BCUT2D eigenvalue weighted by molar-refractivity contribution is 0.102. The Morgan fingerprint density at radius 3 is 2.63 bits per heavy atom. The Morgan fingerprint density at radius 1 is 1.17 bits per heavy atom. The molecule has 2 heterocycles. The molecule has 156 valence electrons. The zero-order chi connectivity index (χ0) is 20.9. The number of anilines is 1. The van der Waals surface area contributed by atoms with Crippen molar-refractivity contribution < 1.29 is 14.3 Å². The molecule has 7 nitrogen and oxygen atoms in total. The Balaban J connectivity index is 1.57. The summed E-state index contributed by atoms with van der Waals surface area (Å²) in [6.45, 7) is 2.84. The Bertz CT molecular complexity index is 1020. The molecule has 30 heavy (non-hydrogen) atoms. The molecule has 1 fully saturated rings. The number of Topliss-reactive ketones (excluding diaryl/α,β-unsaturated/α-hetero) is 1. The number of ether oxygens (including phenoxy) is 2. The van der Waals surface area contributed by atoms with Gasteiger partial charge < -0.3 is 14.4 Å². The highest BCUT2D eigenvalue weighted by atomic mass is 79.9. The van der Waals surface area contributed by atoms with E-state index in [9.17, 15) is 4.79 Å². The quantitative estimate of drug-likeness (QED) is 0.369. The molecule has 1 aromatic heterocycles. The SMILES string of the molecule is COc1ccc(C(=O)CSc2nnc(N3CCOCC3)n2-c2ccccc2)cc1Br. The smallest absolute Gasteiger partial charge is 0.232 e. The Hall–Kier alpha value is -2.36. The number of carbonyl (C=O) groups excluding carboxylic acids is 1. The zero-order valence-electron chi connectivity index (χ0n) is 16.5. The number of thioether (sulfide) groups is 1. The number of hydrogen-bond acceptors (Lipinski definition) is 7. The van der Waals surface area contributed by atoms with Crippen molar-refractivity contribution in [1.29, 1.82) is 0 Å². The summed E-state index contributed by atoms with van der Waals surface area (Å²) in [4.78, 5) is 14.9. The van der Waals surface area contributed by atoms with Gasteiger partial charge in [-0.2, -0.15) is 0 Å². The van der Waals surface area contributed by atoms with E-state index < -0.39 is 0 Å². The fourth-order valence-corrected chi connectivity index (χ4v) is 4.56. The Labute approximate surface area is 187 Å². The maximum atomic E-state index is 12.8. The predicted octanol–water partition coefficient (Wildman–Crippen LogP) is 3.85. The standard InChI is InChI=1S/C21H21BrN4O3S/c1-28-19-8-7-15(13-17(19)22)18(27)14-30-21-24-23-20(25-9-11-29-12-10-25)26(21)16-5-3-2-4-6-16/h2-8,13H,9-12,14H2,1H3. The van der Waals surface area contributed by atoms with Crippen molar-refractivity contribution >= 4 is 39.4 Å². The van der Waals surface area contributed by atoms with Gasteiger partial charge in [0.05, 0.1) is 36.2 Å². The van der Waals surface area contributed by atoms with Gasteiger partial charge >= 0.3 is 0 Å². The van der Waals surface area contributed by atoms with Crippen molar-refractivity contribution in [3.05, 3.63) is 58.6 Å². The summed E-state index contributed by atoms with van der Waals surface area (Å²) in [6.07, 6.45) is 0. The monoisotopic (exact) mass is 488 g/mol. The summed E-state index contributed by atoms with van der Waals surface area (Å²) in [6, 6.07) is 15.3. The third-order valence-corrected chi connectivity index (χ3v) is 6.28. The molecule has 0 bridgehead atoms. The van der Waals surface area contributed by atoms with Crippen LogP contribution in [0.25, 0.3) is 5.69 Å². The molecule has 0 amide bonds. The normalized spacial score (nSPS) is 14.0. The highest BCUT2D eigenvalue weighted by molar-refractivity contribution is 9.10. The van der Waals surface area contributed by atoms with Gasteiger partial charge in [0.15, 0.2) is 10.9 Å². The third-order valence-electron chi connectivity index (χ3n) is 4.73. The molecule has 2 aromatic carbocycles. The second-order valence-electron chi connectivity index (χ2n) is 6.61. The first-order chi connectivity index (χ1) is 14.7. The van der Waals surface area contributed by atoms with Crippen molar-refractivity contribution in [2.75, 3.05) is 44.1 Å². The van der Waals surface area contributed by atoms with E-state index in [1.807, 2.05) is 34.9 Å². The van der Waals surface area contributed by atoms with Gasteiger partial charge in [0.1, 0.15) is 5.75 Å². The van der Waals surface area contributed by atoms with E-state index in [2.05, 4.69) is 31.0 Å². The first kappa shape index (κ1) is 20.9. The van der Waals surface area contributed by atoms with Gasteiger partial charge in [-0.25, -0.2) is 0 Å². The summed E-state index contributed by atoms with van der Waals surface area (Å²) >= 11 is 4.82. The van der Waals surface area contributed by atoms with E-state index in [4.69, 9.17) is 9.47 Å². The number of carbonyl (C=O) groups is 1. The van der Waals surface area contributed by atoms with Crippen LogP contribution in [0.4, 0.5) is 5.95 Å². The average molecular weight is 489 g/mol. The number of rotatable bonds is 7. The molecule has 0 spiro atoms. The van der Waals surface area contributed by atoms with Crippen molar-refractivity contribution in [3.8, 4) is 11.4 Å². The van der Waals surface area contributed by atoms with Crippen molar-refractivity contribution in [1.82, 2.24) is 14.8 Å². The van der Waals surface area contributed by atoms with E-state index in [0.29, 0.717) is 29.7 Å². The second kappa shape index (κ2) is 9.63. The molecule has 0 radical (unpaired) electrons. The number of hydrogen-bond donors (Lipinski definition) is 0. The van der Waals surface area contributed by atoms with Gasteiger partial charge in [0.2, 0.25) is 5.95 Å². The molecule has 0 unspecified atom stereocenters. The van der Waals surface area contributed by atoms with Crippen LogP contribution in [-0.2, 0) is 4.74 Å². The van der Waals surface area contributed by atoms with Crippen molar-refractivity contribution in [2.45, 2.75) is 5.16 Å². The molecular weight excluding hydrogens is 468 g/mol. The lowest BCUT2D eigenvalue weighted by Crippen LogP contribution is -2.37. The average Bonchev–Trinajstić information content (AvgIpc) is 3.22. The first-order valence-corrected chi connectivity index (χ1v) is 11.3. The van der Waals surface area contributed by atoms with Crippen LogP contribution < -0.4 is 9.64 Å². The number of morpholine rings is 1. The Morgan fingerprint density at radius 2 is 1.93 bits per heavy atom. The van der Waals surface area contributed by atoms with Crippen molar-refractivity contribution in [2.24, 2.45) is 0 Å². The molecule has 9 heteroatoms. The van der Waals surface area contributed by atoms with Crippen LogP contribution in [-0.4, -0.2) is 59.7 Å². The zero-order valence-corrected chi connectivity index (χ0v) is 18.9.